The minimum absolute atomic E-state index is 0.325. The average molecular weight is 407 g/mol. The number of ether oxygens (including phenoxy) is 2. The molecule has 2 aromatic carbocycles. The maximum Gasteiger partial charge on any atom is 0.267 e. The van der Waals surface area contributed by atoms with Gasteiger partial charge in [-0.05, 0) is 37.3 Å². The lowest BCUT2D eigenvalue weighted by Crippen LogP contribution is -2.12. The predicted molar refractivity (Wildman–Crippen MR) is 105 cm³/mol. The second kappa shape index (κ2) is 7.94. The quantitative estimate of drug-likeness (QED) is 0.634. The van der Waals surface area contributed by atoms with Crippen LogP contribution < -0.4 is 14.8 Å². The molecule has 1 N–H and O–H groups in total. The Hall–Kier alpha value is -2.64. The van der Waals surface area contributed by atoms with E-state index in [2.05, 4.69) is 10.3 Å². The summed E-state index contributed by atoms with van der Waals surface area (Å²) < 4.78 is 23.5. The molecule has 27 heavy (non-hydrogen) atoms. The second-order valence-electron chi connectivity index (χ2n) is 5.58. The summed E-state index contributed by atoms with van der Waals surface area (Å²) in [6, 6.07) is 9.13. The number of hydrogen-bond donors (Lipinski definition) is 1. The Bertz CT molecular complexity index is 989. The first-order valence-electron chi connectivity index (χ1n) is 7.89. The number of carbonyl (C=O) groups excluding carboxylic acids is 1. The predicted octanol–water partition coefficient (Wildman–Crippen LogP) is 5.18. The summed E-state index contributed by atoms with van der Waals surface area (Å²) in [7, 11) is 2.99. The Balaban J connectivity index is 1.89. The summed E-state index contributed by atoms with van der Waals surface area (Å²) in [5.74, 6) is 0.205. The van der Waals surface area contributed by atoms with E-state index in [1.165, 1.54) is 37.7 Å². The Morgan fingerprint density at radius 2 is 1.81 bits per heavy atom. The molecule has 1 amide bonds. The van der Waals surface area contributed by atoms with E-state index in [1.807, 2.05) is 0 Å². The second-order valence-corrected chi connectivity index (χ2v) is 6.99. The summed E-state index contributed by atoms with van der Waals surface area (Å²) in [5, 5.41) is 3.78. The van der Waals surface area contributed by atoms with Gasteiger partial charge in [0.2, 0.25) is 0 Å². The summed E-state index contributed by atoms with van der Waals surface area (Å²) in [6.07, 6.45) is 0. The standard InChI is InChI=1S/C19H16ClFN2O3S/c1-10-17(27-19(22-10)11-4-6-12(21)7-5-11)18(24)23-14-8-13(20)15(25-2)9-16(14)26-3/h4-9H,1-3H3,(H,23,24). The Labute approximate surface area is 164 Å². The molecule has 0 saturated heterocycles. The first-order chi connectivity index (χ1) is 12.9. The fraction of sp³-hybridized carbons (Fsp3) is 0.158. The smallest absolute Gasteiger partial charge is 0.267 e. The molecule has 0 aliphatic heterocycles. The lowest BCUT2D eigenvalue weighted by Gasteiger charge is -2.12. The van der Waals surface area contributed by atoms with Gasteiger partial charge in [-0.3, -0.25) is 4.79 Å². The zero-order valence-electron chi connectivity index (χ0n) is 14.8. The summed E-state index contributed by atoms with van der Waals surface area (Å²) in [4.78, 5) is 17.6. The number of thiazole rings is 1. The van der Waals surface area contributed by atoms with Crippen molar-refractivity contribution in [2.45, 2.75) is 6.92 Å². The van der Waals surface area contributed by atoms with Crippen molar-refractivity contribution in [1.29, 1.82) is 0 Å². The minimum Gasteiger partial charge on any atom is -0.495 e. The number of aromatic nitrogens is 1. The third kappa shape index (κ3) is 4.04. The minimum atomic E-state index is -0.335. The third-order valence-corrected chi connectivity index (χ3v) is 5.32. The number of aryl methyl sites for hydroxylation is 1. The van der Waals surface area contributed by atoms with Gasteiger partial charge in [-0.25, -0.2) is 9.37 Å². The van der Waals surface area contributed by atoms with Gasteiger partial charge in [-0.15, -0.1) is 11.3 Å². The highest BCUT2D eigenvalue weighted by molar-refractivity contribution is 7.17. The molecule has 140 valence electrons. The van der Waals surface area contributed by atoms with Crippen molar-refractivity contribution in [3.63, 3.8) is 0 Å². The summed E-state index contributed by atoms with van der Waals surface area (Å²) >= 11 is 7.37. The highest BCUT2D eigenvalue weighted by atomic mass is 35.5. The molecule has 1 aromatic heterocycles. The van der Waals surface area contributed by atoms with E-state index in [9.17, 15) is 9.18 Å². The van der Waals surface area contributed by atoms with Crippen LogP contribution >= 0.6 is 22.9 Å². The normalized spacial score (nSPS) is 10.6. The molecule has 0 atom stereocenters. The van der Waals surface area contributed by atoms with Crippen LogP contribution in [0.2, 0.25) is 5.02 Å². The Morgan fingerprint density at radius 3 is 2.44 bits per heavy atom. The molecule has 0 unspecified atom stereocenters. The molecule has 0 radical (unpaired) electrons. The van der Waals surface area contributed by atoms with Gasteiger partial charge < -0.3 is 14.8 Å². The fourth-order valence-corrected chi connectivity index (χ4v) is 3.67. The summed E-state index contributed by atoms with van der Waals surface area (Å²) in [5.41, 5.74) is 1.74. The number of benzene rings is 2. The van der Waals surface area contributed by atoms with E-state index in [4.69, 9.17) is 21.1 Å². The molecular weight excluding hydrogens is 391 g/mol. The molecule has 1 heterocycles. The zero-order chi connectivity index (χ0) is 19.6. The van der Waals surface area contributed by atoms with Crippen LogP contribution in [0.3, 0.4) is 0 Å². The van der Waals surface area contributed by atoms with E-state index in [0.29, 0.717) is 37.8 Å². The van der Waals surface area contributed by atoms with Gasteiger partial charge in [-0.1, -0.05) is 11.6 Å². The van der Waals surface area contributed by atoms with Gasteiger partial charge in [-0.2, -0.15) is 0 Å². The van der Waals surface area contributed by atoms with Gasteiger partial charge in [0.05, 0.1) is 30.6 Å². The van der Waals surface area contributed by atoms with Gasteiger partial charge in [0.25, 0.3) is 5.91 Å². The lowest BCUT2D eigenvalue weighted by atomic mass is 10.2. The first-order valence-corrected chi connectivity index (χ1v) is 9.08. The molecule has 3 rings (SSSR count). The van der Waals surface area contributed by atoms with Gasteiger partial charge in [0.1, 0.15) is 27.2 Å². The third-order valence-electron chi connectivity index (χ3n) is 3.82. The molecule has 0 fully saturated rings. The molecule has 0 saturated carbocycles. The number of nitrogens with zero attached hydrogens (tertiary/aromatic N) is 1. The van der Waals surface area contributed by atoms with E-state index in [0.717, 1.165) is 5.56 Å². The van der Waals surface area contributed by atoms with Crippen molar-refractivity contribution in [1.82, 2.24) is 4.98 Å². The number of halogens is 2. The number of nitrogens with one attached hydrogen (secondary N) is 1. The van der Waals surface area contributed by atoms with Crippen LogP contribution in [0.1, 0.15) is 15.4 Å². The highest BCUT2D eigenvalue weighted by Gasteiger charge is 2.19. The van der Waals surface area contributed by atoms with Crippen LogP contribution in [0.15, 0.2) is 36.4 Å². The number of amides is 1. The SMILES string of the molecule is COc1cc(OC)c(NC(=O)c2sc(-c3ccc(F)cc3)nc2C)cc1Cl. The molecule has 5 nitrogen and oxygen atoms in total. The van der Waals surface area contributed by atoms with Crippen molar-refractivity contribution < 1.29 is 18.7 Å². The maximum atomic E-state index is 13.1. The van der Waals surface area contributed by atoms with E-state index in [1.54, 1.807) is 31.2 Å². The number of carbonyl (C=O) groups is 1. The van der Waals surface area contributed by atoms with Gasteiger partial charge >= 0.3 is 0 Å². The van der Waals surface area contributed by atoms with E-state index in [-0.39, 0.29) is 11.7 Å². The number of anilines is 1. The molecule has 0 aliphatic carbocycles. The Kier molecular flexibility index (Phi) is 5.62. The van der Waals surface area contributed by atoms with Crippen molar-refractivity contribution in [2.24, 2.45) is 0 Å². The number of hydrogen-bond acceptors (Lipinski definition) is 5. The molecule has 0 spiro atoms. The molecular formula is C19H16ClFN2O3S. The van der Waals surface area contributed by atoms with Gasteiger partial charge in [0.15, 0.2) is 0 Å². The van der Waals surface area contributed by atoms with Crippen LogP contribution in [-0.4, -0.2) is 25.1 Å². The molecule has 0 bridgehead atoms. The van der Waals surface area contributed by atoms with Gasteiger partial charge in [0, 0.05) is 11.6 Å². The zero-order valence-corrected chi connectivity index (χ0v) is 16.4. The maximum absolute atomic E-state index is 13.1. The lowest BCUT2D eigenvalue weighted by molar-refractivity contribution is 0.102. The van der Waals surface area contributed by atoms with Crippen LogP contribution in [0.25, 0.3) is 10.6 Å². The first kappa shape index (κ1) is 19.1. The highest BCUT2D eigenvalue weighted by Crippen LogP contribution is 2.36. The van der Waals surface area contributed by atoms with Crippen molar-refractivity contribution in [3.05, 3.63) is 57.8 Å². The van der Waals surface area contributed by atoms with Crippen LogP contribution in [0.4, 0.5) is 10.1 Å². The van der Waals surface area contributed by atoms with Crippen LogP contribution in [-0.2, 0) is 0 Å². The molecule has 0 aliphatic rings. The monoisotopic (exact) mass is 406 g/mol. The summed E-state index contributed by atoms with van der Waals surface area (Å²) in [6.45, 7) is 1.75. The molecule has 3 aromatic rings. The largest absolute Gasteiger partial charge is 0.495 e. The van der Waals surface area contributed by atoms with Crippen molar-refractivity contribution in [3.8, 4) is 22.1 Å². The van der Waals surface area contributed by atoms with E-state index >= 15 is 0 Å². The number of rotatable bonds is 5. The number of methoxy groups -OCH3 is 2. The van der Waals surface area contributed by atoms with Crippen LogP contribution in [0.5, 0.6) is 11.5 Å². The Morgan fingerprint density at radius 1 is 1.15 bits per heavy atom. The van der Waals surface area contributed by atoms with Crippen molar-refractivity contribution in [2.75, 3.05) is 19.5 Å². The van der Waals surface area contributed by atoms with Crippen LogP contribution in [0, 0.1) is 12.7 Å². The fourth-order valence-electron chi connectivity index (χ4n) is 2.46. The topological polar surface area (TPSA) is 60.5 Å². The van der Waals surface area contributed by atoms with Crippen molar-refractivity contribution >= 4 is 34.5 Å². The molecule has 8 heteroatoms. The van der Waals surface area contributed by atoms with E-state index < -0.39 is 0 Å². The average Bonchev–Trinajstić information content (AvgIpc) is 3.04.